The number of rotatable bonds is 1. The molecule has 0 aromatic heterocycles. The van der Waals surface area contributed by atoms with Gasteiger partial charge >= 0.3 is 0 Å². The van der Waals surface area contributed by atoms with Gasteiger partial charge in [-0.15, -0.1) is 12.4 Å². The highest BCUT2D eigenvalue weighted by atomic mass is 35.5. The molecule has 2 atom stereocenters. The van der Waals surface area contributed by atoms with Crippen LogP contribution < -0.4 is 5.73 Å². The predicted molar refractivity (Wildman–Crippen MR) is 48.9 cm³/mol. The van der Waals surface area contributed by atoms with Crippen LogP contribution in [0, 0.1) is 5.92 Å². The summed E-state index contributed by atoms with van der Waals surface area (Å²) in [6.07, 6.45) is 4.63. The first-order chi connectivity index (χ1) is 4.69. The third-order valence-electron chi connectivity index (χ3n) is 2.81. The molecule has 0 spiro atoms. The molecule has 0 saturated heterocycles. The first-order valence-electron chi connectivity index (χ1n) is 4.09. The van der Waals surface area contributed by atoms with Crippen LogP contribution in [0.25, 0.3) is 0 Å². The van der Waals surface area contributed by atoms with Gasteiger partial charge in [0.1, 0.15) is 0 Å². The van der Waals surface area contributed by atoms with Gasteiger partial charge in [0.25, 0.3) is 0 Å². The van der Waals surface area contributed by atoms with Crippen LogP contribution in [0.1, 0.15) is 32.6 Å². The molecule has 1 aliphatic carbocycles. The van der Waals surface area contributed by atoms with Crippen molar-refractivity contribution in [3.8, 4) is 0 Å². The van der Waals surface area contributed by atoms with Gasteiger partial charge in [-0.3, -0.25) is 0 Å². The molecule has 2 nitrogen and oxygen atoms in total. The lowest BCUT2D eigenvalue weighted by Crippen LogP contribution is -2.51. The molecule has 0 radical (unpaired) electrons. The molecule has 0 aromatic carbocycles. The van der Waals surface area contributed by atoms with Gasteiger partial charge in [-0.1, -0.05) is 19.8 Å². The molecule has 1 saturated carbocycles. The van der Waals surface area contributed by atoms with Crippen molar-refractivity contribution in [2.45, 2.75) is 38.1 Å². The van der Waals surface area contributed by atoms with Gasteiger partial charge in [0.2, 0.25) is 0 Å². The second-order valence-corrected chi connectivity index (χ2v) is 3.54. The molecule has 0 heterocycles. The first kappa shape index (κ1) is 11.2. The van der Waals surface area contributed by atoms with Gasteiger partial charge in [-0.05, 0) is 18.8 Å². The molecule has 0 aliphatic heterocycles. The van der Waals surface area contributed by atoms with Crippen molar-refractivity contribution in [1.82, 2.24) is 0 Å². The second kappa shape index (κ2) is 4.29. The van der Waals surface area contributed by atoms with Gasteiger partial charge in [0, 0.05) is 5.54 Å². The highest BCUT2D eigenvalue weighted by Crippen LogP contribution is 2.30. The third-order valence-corrected chi connectivity index (χ3v) is 2.81. The molecule has 68 valence electrons. The maximum atomic E-state index is 9.00. The molecule has 11 heavy (non-hydrogen) atoms. The fourth-order valence-electron chi connectivity index (χ4n) is 1.67. The summed E-state index contributed by atoms with van der Waals surface area (Å²) >= 11 is 0. The Morgan fingerprint density at radius 2 is 2.18 bits per heavy atom. The van der Waals surface area contributed by atoms with E-state index in [-0.39, 0.29) is 24.6 Å². The SMILES string of the molecule is CC1CCCCC1(N)CO.Cl. The van der Waals surface area contributed by atoms with Crippen LogP contribution in [0.4, 0.5) is 0 Å². The van der Waals surface area contributed by atoms with Gasteiger partial charge < -0.3 is 10.8 Å². The summed E-state index contributed by atoms with van der Waals surface area (Å²) in [6, 6.07) is 0. The Hall–Kier alpha value is 0.210. The summed E-state index contributed by atoms with van der Waals surface area (Å²) in [7, 11) is 0. The number of aliphatic hydroxyl groups is 1. The van der Waals surface area contributed by atoms with Gasteiger partial charge in [0.15, 0.2) is 0 Å². The van der Waals surface area contributed by atoms with Crippen molar-refractivity contribution in [3.63, 3.8) is 0 Å². The van der Waals surface area contributed by atoms with Crippen LogP contribution in [-0.2, 0) is 0 Å². The Kier molecular flexibility index (Phi) is 4.37. The first-order valence-corrected chi connectivity index (χ1v) is 4.09. The van der Waals surface area contributed by atoms with E-state index in [9.17, 15) is 0 Å². The minimum absolute atomic E-state index is 0. The molecule has 1 rings (SSSR count). The van der Waals surface area contributed by atoms with E-state index >= 15 is 0 Å². The Morgan fingerprint density at radius 1 is 1.55 bits per heavy atom. The van der Waals surface area contributed by atoms with Crippen LogP contribution in [0.5, 0.6) is 0 Å². The number of aliphatic hydroxyl groups excluding tert-OH is 1. The molecule has 1 fully saturated rings. The van der Waals surface area contributed by atoms with Crippen molar-refractivity contribution in [2.75, 3.05) is 6.61 Å². The van der Waals surface area contributed by atoms with E-state index in [4.69, 9.17) is 10.8 Å². The predicted octanol–water partition coefficient (Wildman–Crippen LogP) is 1.31. The minimum Gasteiger partial charge on any atom is -0.394 e. The van der Waals surface area contributed by atoms with Crippen molar-refractivity contribution in [3.05, 3.63) is 0 Å². The van der Waals surface area contributed by atoms with Crippen molar-refractivity contribution < 1.29 is 5.11 Å². The molecule has 3 heteroatoms. The quantitative estimate of drug-likeness (QED) is 0.638. The monoisotopic (exact) mass is 179 g/mol. The largest absolute Gasteiger partial charge is 0.394 e. The van der Waals surface area contributed by atoms with E-state index in [1.54, 1.807) is 0 Å². The van der Waals surface area contributed by atoms with E-state index in [1.165, 1.54) is 19.3 Å². The molecular weight excluding hydrogens is 162 g/mol. The average molecular weight is 180 g/mol. The topological polar surface area (TPSA) is 46.2 Å². The number of nitrogens with two attached hydrogens (primary N) is 1. The Bertz CT molecular complexity index is 121. The molecule has 2 unspecified atom stereocenters. The summed E-state index contributed by atoms with van der Waals surface area (Å²) in [6.45, 7) is 2.28. The lowest BCUT2D eigenvalue weighted by molar-refractivity contribution is 0.110. The number of halogens is 1. The standard InChI is InChI=1S/C8H17NO.ClH/c1-7-4-2-3-5-8(7,9)6-10;/h7,10H,2-6,9H2,1H3;1H. The van der Waals surface area contributed by atoms with Gasteiger partial charge in [0.05, 0.1) is 6.61 Å². The summed E-state index contributed by atoms with van der Waals surface area (Å²) in [4.78, 5) is 0. The number of hydrogen-bond acceptors (Lipinski definition) is 2. The van der Waals surface area contributed by atoms with E-state index in [2.05, 4.69) is 6.92 Å². The maximum Gasteiger partial charge on any atom is 0.0613 e. The minimum atomic E-state index is -0.266. The van der Waals surface area contributed by atoms with Gasteiger partial charge in [-0.2, -0.15) is 0 Å². The Morgan fingerprint density at radius 3 is 2.55 bits per heavy atom. The fraction of sp³-hybridized carbons (Fsp3) is 1.00. The zero-order valence-electron chi connectivity index (χ0n) is 7.05. The van der Waals surface area contributed by atoms with Crippen LogP contribution in [0.3, 0.4) is 0 Å². The molecule has 0 bridgehead atoms. The summed E-state index contributed by atoms with van der Waals surface area (Å²) < 4.78 is 0. The van der Waals surface area contributed by atoms with Crippen molar-refractivity contribution in [2.24, 2.45) is 11.7 Å². The van der Waals surface area contributed by atoms with Gasteiger partial charge in [-0.25, -0.2) is 0 Å². The highest BCUT2D eigenvalue weighted by molar-refractivity contribution is 5.85. The lowest BCUT2D eigenvalue weighted by Gasteiger charge is -2.37. The molecule has 0 aromatic rings. The van der Waals surface area contributed by atoms with Crippen molar-refractivity contribution in [1.29, 1.82) is 0 Å². The molecule has 3 N–H and O–H groups in total. The Labute approximate surface area is 74.6 Å². The van der Waals surface area contributed by atoms with E-state index in [0.29, 0.717) is 5.92 Å². The molecule has 1 aliphatic rings. The second-order valence-electron chi connectivity index (χ2n) is 3.54. The van der Waals surface area contributed by atoms with Crippen LogP contribution in [0.15, 0.2) is 0 Å². The lowest BCUT2D eigenvalue weighted by atomic mass is 9.75. The third kappa shape index (κ3) is 2.32. The van der Waals surface area contributed by atoms with Crippen LogP contribution in [-0.4, -0.2) is 17.3 Å². The normalized spacial score (nSPS) is 37.9. The molecular formula is C8H18ClNO. The summed E-state index contributed by atoms with van der Waals surface area (Å²) in [5, 5.41) is 9.00. The summed E-state index contributed by atoms with van der Waals surface area (Å²) in [5.74, 6) is 0.492. The fourth-order valence-corrected chi connectivity index (χ4v) is 1.67. The van der Waals surface area contributed by atoms with Crippen molar-refractivity contribution >= 4 is 12.4 Å². The van der Waals surface area contributed by atoms with E-state index in [0.717, 1.165) is 6.42 Å². The smallest absolute Gasteiger partial charge is 0.0613 e. The van der Waals surface area contributed by atoms with Crippen LogP contribution in [0.2, 0.25) is 0 Å². The Balaban J connectivity index is 0.000001000. The zero-order valence-corrected chi connectivity index (χ0v) is 7.86. The van der Waals surface area contributed by atoms with E-state index < -0.39 is 0 Å². The highest BCUT2D eigenvalue weighted by Gasteiger charge is 2.33. The number of hydrogen-bond donors (Lipinski definition) is 2. The molecule has 0 amide bonds. The summed E-state index contributed by atoms with van der Waals surface area (Å²) in [5.41, 5.74) is 5.69. The zero-order chi connectivity index (χ0) is 7.61. The van der Waals surface area contributed by atoms with Crippen LogP contribution >= 0.6 is 12.4 Å². The average Bonchev–Trinajstić information content (AvgIpc) is 1.96. The van der Waals surface area contributed by atoms with E-state index in [1.807, 2.05) is 0 Å². The maximum absolute atomic E-state index is 9.00.